The fraction of sp³-hybridized carbons (Fsp3) is 0.585. The highest BCUT2D eigenvalue weighted by Crippen LogP contribution is 2.32. The number of thioether (sulfide) groups is 1. The first-order valence-electron chi connectivity index (χ1n) is 21.2. The van der Waals surface area contributed by atoms with Crippen molar-refractivity contribution in [3.05, 3.63) is 29.8 Å². The Kier molecular flexibility index (Phi) is 16.7. The molecule has 1 aromatic carbocycles. The number of primary amides is 1. The maximum absolute atomic E-state index is 14.4. The van der Waals surface area contributed by atoms with Crippen LogP contribution in [0.25, 0.3) is 10.9 Å². The molecule has 22 nitrogen and oxygen atoms in total. The maximum atomic E-state index is 14.4. The first-order chi connectivity index (χ1) is 30.3. The highest BCUT2D eigenvalue weighted by atomic mass is 32.2. The standard InChI is InChI=1S/C41H58N10O12S/c1-5-18(2)32-38(61)44-20(4)34(57)45-25-10-11-64-40-23(22-8-6-7-9-24(22)48-40)13-26(35(58)43-15-31(56)49-32)46-39(62)33(19(3)29(54)17-52)50-37(60)28-12-21(53)16-51(28)41(63)27(14-30(42)55)47-36(25)59/h6-9,18-21,25-29,32-33,48,52-54H,5,10-17H2,1-4H3,(H2,42,55)(H,43,58)(H,44,61)(H,45,57)(H,46,62)(H,47,59)(H,49,56)(H,50,60)/t18-,19-,20+,21+,25-,26-,27-,28-,29-,32-,33-/m0/s1. The fourth-order valence-electron chi connectivity index (χ4n) is 7.86. The largest absolute Gasteiger partial charge is 0.394 e. The van der Waals surface area contributed by atoms with Crippen LogP contribution < -0.4 is 43.0 Å². The van der Waals surface area contributed by atoms with Crippen LogP contribution in [-0.4, -0.2) is 158 Å². The van der Waals surface area contributed by atoms with Crippen LogP contribution in [0.4, 0.5) is 0 Å². The van der Waals surface area contributed by atoms with Crippen molar-refractivity contribution in [2.45, 2.75) is 119 Å². The van der Waals surface area contributed by atoms with E-state index < -0.39 is 146 Å². The molecule has 350 valence electrons. The Hall–Kier alpha value is -5.78. The number of aromatic nitrogens is 1. The van der Waals surface area contributed by atoms with Gasteiger partial charge in [-0.25, -0.2) is 0 Å². The van der Waals surface area contributed by atoms with Gasteiger partial charge in [-0.2, -0.15) is 0 Å². The SMILES string of the molecule is CC[C@H](C)[C@@H]1NC(=O)CNC(=O)[C@@H]2Cc3c([nH]c4ccccc34)SCC[C@H](NC(=O)[C@@H](C)NC1=O)C(=O)N[C@@H](CC(N)=O)C(=O)N1C[C@H](O)C[C@H]1C(=O)N[C@@H]([C@@H](C)[C@@H](O)CO)C(=O)N2. The average Bonchev–Trinajstić information content (AvgIpc) is 3.82. The number of aromatic amines is 1. The topological polar surface area (TPSA) is 344 Å². The van der Waals surface area contributed by atoms with E-state index in [1.807, 2.05) is 0 Å². The van der Waals surface area contributed by atoms with E-state index in [0.29, 0.717) is 27.9 Å². The normalized spacial score (nSPS) is 28.7. The first kappa shape index (κ1) is 49.2. The molecule has 1 saturated heterocycles. The van der Waals surface area contributed by atoms with Crippen LogP contribution in [0.2, 0.25) is 0 Å². The van der Waals surface area contributed by atoms with Crippen molar-refractivity contribution < 1.29 is 58.5 Å². The molecule has 2 aromatic rings. The summed E-state index contributed by atoms with van der Waals surface area (Å²) in [5.41, 5.74) is 6.69. The first-order valence-corrected chi connectivity index (χ1v) is 22.2. The second-order valence-corrected chi connectivity index (χ2v) is 17.6. The molecular weight excluding hydrogens is 857 g/mol. The number of nitrogens with zero attached hydrogens (tertiary/aromatic N) is 1. The molecule has 0 spiro atoms. The molecule has 0 radical (unpaired) electrons. The van der Waals surface area contributed by atoms with E-state index in [4.69, 9.17) is 5.73 Å². The van der Waals surface area contributed by atoms with Crippen molar-refractivity contribution >= 4 is 75.8 Å². The van der Waals surface area contributed by atoms with E-state index in [9.17, 15) is 58.5 Å². The van der Waals surface area contributed by atoms with Gasteiger partial charge in [0.15, 0.2) is 0 Å². The van der Waals surface area contributed by atoms with Gasteiger partial charge in [0, 0.05) is 42.0 Å². The molecule has 9 amide bonds. The van der Waals surface area contributed by atoms with Crippen molar-refractivity contribution in [2.24, 2.45) is 17.6 Å². The third kappa shape index (κ3) is 11.9. The van der Waals surface area contributed by atoms with E-state index in [1.54, 1.807) is 38.1 Å². The van der Waals surface area contributed by atoms with Gasteiger partial charge in [0.05, 0.1) is 36.8 Å². The van der Waals surface area contributed by atoms with Crippen molar-refractivity contribution in [3.63, 3.8) is 0 Å². The quantitative estimate of drug-likeness (QED) is 0.127. The summed E-state index contributed by atoms with van der Waals surface area (Å²) in [4.78, 5) is 129. The zero-order chi connectivity index (χ0) is 47.0. The zero-order valence-electron chi connectivity index (χ0n) is 36.0. The summed E-state index contributed by atoms with van der Waals surface area (Å²) in [6.07, 6.45) is -3.90. The van der Waals surface area contributed by atoms with Crippen molar-refractivity contribution in [1.82, 2.24) is 47.1 Å². The molecule has 3 aliphatic rings. The number of para-hydroxylation sites is 1. The number of hydrogen-bond acceptors (Lipinski definition) is 13. The van der Waals surface area contributed by atoms with Crippen LogP contribution in [0, 0.1) is 11.8 Å². The van der Waals surface area contributed by atoms with Crippen LogP contribution in [0.5, 0.6) is 0 Å². The Morgan fingerprint density at radius 2 is 1.56 bits per heavy atom. The summed E-state index contributed by atoms with van der Waals surface area (Å²) in [5, 5.41) is 50.6. The summed E-state index contributed by atoms with van der Waals surface area (Å²) in [6, 6.07) is -3.16. The smallest absolute Gasteiger partial charge is 0.246 e. The third-order valence-corrected chi connectivity index (χ3v) is 13.0. The Labute approximate surface area is 372 Å². The lowest BCUT2D eigenvalue weighted by atomic mass is 9.93. The summed E-state index contributed by atoms with van der Waals surface area (Å²) in [5.74, 6) is -9.73. The van der Waals surface area contributed by atoms with Gasteiger partial charge in [0.2, 0.25) is 53.2 Å². The second-order valence-electron chi connectivity index (χ2n) is 16.5. The van der Waals surface area contributed by atoms with Crippen molar-refractivity contribution in [3.8, 4) is 0 Å². The fourth-order valence-corrected chi connectivity index (χ4v) is 8.97. The van der Waals surface area contributed by atoms with Gasteiger partial charge in [-0.15, -0.1) is 11.8 Å². The van der Waals surface area contributed by atoms with Crippen molar-refractivity contribution in [1.29, 1.82) is 0 Å². The minimum Gasteiger partial charge on any atom is -0.394 e. The summed E-state index contributed by atoms with van der Waals surface area (Å²) >= 11 is 1.20. The Balaban J connectivity index is 1.69. The molecular formula is C41H58N10O12S. The van der Waals surface area contributed by atoms with Gasteiger partial charge in [-0.05, 0) is 30.9 Å². The number of aliphatic hydroxyl groups is 3. The second kappa shape index (κ2) is 21.7. The number of fused-ring (bicyclic) bond motifs is 6. The average molecular weight is 915 g/mol. The lowest BCUT2D eigenvalue weighted by Gasteiger charge is -2.32. The number of H-pyrrole nitrogens is 1. The Bertz CT molecular complexity index is 2120. The molecule has 3 aliphatic heterocycles. The van der Waals surface area contributed by atoms with Crippen LogP contribution in [0.15, 0.2) is 29.3 Å². The highest BCUT2D eigenvalue weighted by Gasteiger charge is 2.45. The number of amides is 9. The van der Waals surface area contributed by atoms with Gasteiger partial charge in [0.25, 0.3) is 0 Å². The van der Waals surface area contributed by atoms with E-state index in [0.717, 1.165) is 4.90 Å². The summed E-state index contributed by atoms with van der Waals surface area (Å²) in [7, 11) is 0. The van der Waals surface area contributed by atoms with Gasteiger partial charge in [-0.1, -0.05) is 45.4 Å². The zero-order valence-corrected chi connectivity index (χ0v) is 36.8. The van der Waals surface area contributed by atoms with Gasteiger partial charge in [-0.3, -0.25) is 43.2 Å². The highest BCUT2D eigenvalue weighted by molar-refractivity contribution is 7.99. The van der Waals surface area contributed by atoms with Crippen LogP contribution in [-0.2, 0) is 49.6 Å². The lowest BCUT2D eigenvalue weighted by molar-refractivity contribution is -0.144. The predicted molar refractivity (Wildman–Crippen MR) is 229 cm³/mol. The van der Waals surface area contributed by atoms with Crippen LogP contribution >= 0.6 is 11.8 Å². The summed E-state index contributed by atoms with van der Waals surface area (Å²) in [6.45, 7) is 4.25. The van der Waals surface area contributed by atoms with Crippen LogP contribution in [0.3, 0.4) is 0 Å². The number of aliphatic hydroxyl groups excluding tert-OH is 3. The van der Waals surface area contributed by atoms with Crippen molar-refractivity contribution in [2.75, 3.05) is 25.4 Å². The van der Waals surface area contributed by atoms with E-state index in [-0.39, 0.29) is 25.0 Å². The lowest BCUT2D eigenvalue weighted by Crippen LogP contribution is -2.62. The number of nitrogens with one attached hydrogen (secondary N) is 8. The number of rotatable bonds is 7. The third-order valence-electron chi connectivity index (χ3n) is 11.9. The molecule has 1 fully saturated rings. The molecule has 1 aromatic heterocycles. The molecule has 64 heavy (non-hydrogen) atoms. The maximum Gasteiger partial charge on any atom is 0.246 e. The predicted octanol–water partition coefficient (Wildman–Crippen LogP) is -3.86. The molecule has 23 heteroatoms. The monoisotopic (exact) mass is 914 g/mol. The number of nitrogens with two attached hydrogens (primary N) is 1. The Morgan fingerprint density at radius 1 is 0.875 bits per heavy atom. The molecule has 11 atom stereocenters. The molecule has 0 aliphatic carbocycles. The minimum absolute atomic E-state index is 0.0997. The summed E-state index contributed by atoms with van der Waals surface area (Å²) < 4.78 is 0. The van der Waals surface area contributed by atoms with Gasteiger partial charge in [0.1, 0.15) is 42.3 Å². The number of carbonyl (C=O) groups excluding carboxylic acids is 9. The van der Waals surface area contributed by atoms with E-state index >= 15 is 0 Å². The molecule has 2 bridgehead atoms. The van der Waals surface area contributed by atoms with E-state index in [2.05, 4.69) is 42.2 Å². The number of hydrogen-bond donors (Lipinski definition) is 12. The molecule has 5 rings (SSSR count). The van der Waals surface area contributed by atoms with Gasteiger partial charge < -0.3 is 68.2 Å². The van der Waals surface area contributed by atoms with E-state index in [1.165, 1.54) is 25.6 Å². The Morgan fingerprint density at radius 3 is 2.25 bits per heavy atom. The molecule has 0 saturated carbocycles. The number of carbonyl (C=O) groups is 9. The molecule has 4 heterocycles. The number of benzene rings is 1. The molecule has 0 unspecified atom stereocenters. The van der Waals surface area contributed by atoms with Crippen LogP contribution in [0.1, 0.15) is 58.9 Å². The van der Waals surface area contributed by atoms with Gasteiger partial charge >= 0.3 is 0 Å². The molecule has 13 N–H and O–H groups in total. The minimum atomic E-state index is -1.71.